The largest absolute Gasteiger partial charge is 0.294 e. The van der Waals surface area contributed by atoms with Crippen LogP contribution in [0.25, 0.3) is 0 Å². The summed E-state index contributed by atoms with van der Waals surface area (Å²) in [7, 11) is 0. The van der Waals surface area contributed by atoms with Gasteiger partial charge in [0, 0.05) is 17.4 Å². The molecule has 102 valence electrons. The zero-order valence-corrected chi connectivity index (χ0v) is 12.2. The molecule has 2 aromatic carbocycles. The Balaban J connectivity index is 2.00. The third kappa shape index (κ3) is 3.71. The number of thiocarbonyl (C=S) groups is 1. The molecule has 0 heterocycles. The molecule has 0 aliphatic rings. The fraction of sp³-hybridized carbons (Fsp3) is 0.125. The van der Waals surface area contributed by atoms with Crippen molar-refractivity contribution in [3.05, 3.63) is 70.0 Å². The van der Waals surface area contributed by atoms with Crippen molar-refractivity contribution in [3.8, 4) is 0 Å². The topological polar surface area (TPSA) is 17.1 Å². The average molecular weight is 307 g/mol. The molecule has 0 spiro atoms. The lowest BCUT2D eigenvalue weighted by molar-refractivity contribution is 0.0983. The first-order valence-corrected chi connectivity index (χ1v) is 6.97. The van der Waals surface area contributed by atoms with Crippen LogP contribution in [-0.4, -0.2) is 11.2 Å². The summed E-state index contributed by atoms with van der Waals surface area (Å²) in [5.74, 6) is -0.565. The van der Waals surface area contributed by atoms with Gasteiger partial charge in [-0.05, 0) is 35.7 Å². The van der Waals surface area contributed by atoms with Crippen LogP contribution in [0.2, 0.25) is 5.02 Å². The lowest BCUT2D eigenvalue weighted by Crippen LogP contribution is -2.01. The summed E-state index contributed by atoms with van der Waals surface area (Å²) in [6.07, 6.45) is 0.991. The van der Waals surface area contributed by atoms with Gasteiger partial charge in [0.1, 0.15) is 5.82 Å². The van der Waals surface area contributed by atoms with Crippen molar-refractivity contribution >= 4 is 35.0 Å². The van der Waals surface area contributed by atoms with Gasteiger partial charge in [0.25, 0.3) is 0 Å². The predicted molar refractivity (Wildman–Crippen MR) is 83.3 cm³/mol. The minimum atomic E-state index is -0.515. The van der Waals surface area contributed by atoms with Gasteiger partial charge in [-0.2, -0.15) is 0 Å². The fourth-order valence-electron chi connectivity index (χ4n) is 1.83. The minimum Gasteiger partial charge on any atom is -0.294 e. The lowest BCUT2D eigenvalue weighted by Gasteiger charge is -2.03. The van der Waals surface area contributed by atoms with Gasteiger partial charge in [-0.3, -0.25) is 4.79 Å². The number of rotatable bonds is 5. The van der Waals surface area contributed by atoms with E-state index in [-0.39, 0.29) is 10.8 Å². The average Bonchev–Trinajstić information content (AvgIpc) is 2.48. The number of carbonyl (C=O) groups is 1. The maximum atomic E-state index is 13.0. The molecule has 4 heteroatoms. The monoisotopic (exact) mass is 306 g/mol. The van der Waals surface area contributed by atoms with E-state index in [1.165, 1.54) is 18.2 Å². The maximum Gasteiger partial charge on any atom is 0.163 e. The molecule has 0 amide bonds. The van der Waals surface area contributed by atoms with E-state index in [1.807, 2.05) is 24.3 Å². The standard InChI is InChI=1S/C16H12ClFOS/c17-14-9-13(6-7-15(14)18)16(19)8-5-11-1-3-12(10-20)4-2-11/h1-4,6-7,9-10H,5,8H2. The molecule has 0 saturated carbocycles. The SMILES string of the molecule is O=C(CCc1ccc(C=S)cc1)c1ccc(F)c(Cl)c1. The number of ketones is 1. The van der Waals surface area contributed by atoms with Crippen LogP contribution in [0, 0.1) is 5.82 Å². The van der Waals surface area contributed by atoms with E-state index in [0.29, 0.717) is 18.4 Å². The molecule has 0 aliphatic heterocycles. The van der Waals surface area contributed by atoms with Crippen LogP contribution in [0.3, 0.4) is 0 Å². The van der Waals surface area contributed by atoms with E-state index in [4.69, 9.17) is 23.8 Å². The number of hydrogen-bond donors (Lipinski definition) is 0. The van der Waals surface area contributed by atoms with Crippen LogP contribution < -0.4 is 0 Å². The van der Waals surface area contributed by atoms with Crippen LogP contribution in [0.1, 0.15) is 27.9 Å². The zero-order chi connectivity index (χ0) is 14.5. The van der Waals surface area contributed by atoms with Gasteiger partial charge in [0.05, 0.1) is 5.02 Å². The molecule has 0 radical (unpaired) electrons. The number of Topliss-reactive ketones (excluding diaryl/α,β-unsaturated/α-hetero) is 1. The Labute approximate surface area is 127 Å². The highest BCUT2D eigenvalue weighted by molar-refractivity contribution is 7.79. The molecular weight excluding hydrogens is 295 g/mol. The van der Waals surface area contributed by atoms with Crippen molar-refractivity contribution in [1.82, 2.24) is 0 Å². The summed E-state index contributed by atoms with van der Waals surface area (Å²) in [4.78, 5) is 12.0. The summed E-state index contributed by atoms with van der Waals surface area (Å²) < 4.78 is 13.0. The number of halogens is 2. The Morgan fingerprint density at radius 3 is 2.50 bits per heavy atom. The van der Waals surface area contributed by atoms with Crippen molar-refractivity contribution < 1.29 is 9.18 Å². The highest BCUT2D eigenvalue weighted by atomic mass is 35.5. The highest BCUT2D eigenvalue weighted by Crippen LogP contribution is 2.18. The minimum absolute atomic E-state index is 0.0267. The second kappa shape index (κ2) is 6.73. The summed E-state index contributed by atoms with van der Waals surface area (Å²) in [6.45, 7) is 0. The first kappa shape index (κ1) is 14.8. The van der Waals surface area contributed by atoms with E-state index in [9.17, 15) is 9.18 Å². The van der Waals surface area contributed by atoms with Gasteiger partial charge in [0.2, 0.25) is 0 Å². The highest BCUT2D eigenvalue weighted by Gasteiger charge is 2.09. The summed E-state index contributed by atoms with van der Waals surface area (Å²) in [5.41, 5.74) is 2.47. The van der Waals surface area contributed by atoms with Crippen molar-refractivity contribution in [1.29, 1.82) is 0 Å². The normalized spacial score (nSPS) is 10.3. The van der Waals surface area contributed by atoms with Crippen molar-refractivity contribution in [2.75, 3.05) is 0 Å². The second-order valence-electron chi connectivity index (χ2n) is 4.41. The fourth-order valence-corrected chi connectivity index (χ4v) is 2.17. The predicted octanol–water partition coefficient (Wildman–Crippen LogP) is 4.64. The van der Waals surface area contributed by atoms with Crippen molar-refractivity contribution in [2.45, 2.75) is 12.8 Å². The Hall–Kier alpha value is -1.58. The Bertz CT molecular complexity index is 637. The Kier molecular flexibility index (Phi) is 4.99. The third-order valence-corrected chi connectivity index (χ3v) is 3.56. The molecule has 2 aromatic rings. The zero-order valence-electron chi connectivity index (χ0n) is 10.6. The molecule has 0 bridgehead atoms. The quantitative estimate of drug-likeness (QED) is 0.591. The molecule has 1 nitrogen and oxygen atoms in total. The maximum absolute atomic E-state index is 13.0. The number of carbonyl (C=O) groups excluding carboxylic acids is 1. The molecule has 0 saturated heterocycles. The van der Waals surface area contributed by atoms with Crippen molar-refractivity contribution in [2.24, 2.45) is 0 Å². The van der Waals surface area contributed by atoms with E-state index < -0.39 is 5.82 Å². The van der Waals surface area contributed by atoms with Crippen LogP contribution in [-0.2, 0) is 6.42 Å². The van der Waals surface area contributed by atoms with Crippen LogP contribution >= 0.6 is 23.8 Å². The smallest absolute Gasteiger partial charge is 0.163 e. The number of aryl methyl sites for hydroxylation is 1. The molecule has 0 aliphatic carbocycles. The molecule has 0 N–H and O–H groups in total. The van der Waals surface area contributed by atoms with Gasteiger partial charge in [-0.1, -0.05) is 48.1 Å². The summed E-state index contributed by atoms with van der Waals surface area (Å²) >= 11 is 10.5. The van der Waals surface area contributed by atoms with Crippen LogP contribution in [0.4, 0.5) is 4.39 Å². The van der Waals surface area contributed by atoms with Gasteiger partial charge in [-0.25, -0.2) is 4.39 Å². The molecule has 2 rings (SSSR count). The Morgan fingerprint density at radius 1 is 1.20 bits per heavy atom. The van der Waals surface area contributed by atoms with Crippen LogP contribution in [0.5, 0.6) is 0 Å². The Morgan fingerprint density at radius 2 is 1.90 bits per heavy atom. The van der Waals surface area contributed by atoms with Gasteiger partial charge in [0.15, 0.2) is 5.78 Å². The number of benzene rings is 2. The van der Waals surface area contributed by atoms with Gasteiger partial charge < -0.3 is 0 Å². The molecular formula is C16H12ClFOS. The molecule has 0 fully saturated rings. The van der Waals surface area contributed by atoms with E-state index >= 15 is 0 Å². The third-order valence-electron chi connectivity index (χ3n) is 3.00. The first-order valence-electron chi connectivity index (χ1n) is 6.12. The first-order chi connectivity index (χ1) is 9.60. The number of hydrogen-bond acceptors (Lipinski definition) is 2. The molecule has 0 atom stereocenters. The molecule has 0 aromatic heterocycles. The van der Waals surface area contributed by atoms with E-state index in [2.05, 4.69) is 0 Å². The van der Waals surface area contributed by atoms with Gasteiger partial charge >= 0.3 is 0 Å². The van der Waals surface area contributed by atoms with Gasteiger partial charge in [-0.15, -0.1) is 0 Å². The second-order valence-corrected chi connectivity index (χ2v) is 5.05. The van der Waals surface area contributed by atoms with Crippen molar-refractivity contribution in [3.63, 3.8) is 0 Å². The van der Waals surface area contributed by atoms with E-state index in [1.54, 1.807) is 5.37 Å². The van der Waals surface area contributed by atoms with Crippen LogP contribution in [0.15, 0.2) is 42.5 Å². The summed E-state index contributed by atoms with van der Waals surface area (Å²) in [5, 5.41) is 1.58. The lowest BCUT2D eigenvalue weighted by atomic mass is 10.0. The molecule has 20 heavy (non-hydrogen) atoms. The van der Waals surface area contributed by atoms with E-state index in [0.717, 1.165) is 11.1 Å². The molecule has 0 unspecified atom stereocenters. The summed E-state index contributed by atoms with van der Waals surface area (Å²) in [6, 6.07) is 11.8.